The minimum atomic E-state index is -1.28. The Hall–Kier alpha value is -2.37. The van der Waals surface area contributed by atoms with E-state index in [-0.39, 0.29) is 23.3 Å². The maximum atomic E-state index is 12.5. The monoisotopic (exact) mass is 532 g/mol. The Bertz CT molecular complexity index is 814. The number of hydrogen-bond donors (Lipinski definition) is 1. The van der Waals surface area contributed by atoms with Crippen LogP contribution < -0.4 is 0 Å². The Morgan fingerprint density at radius 2 is 1.03 bits per heavy atom. The number of ether oxygens (including phenoxy) is 2. The smallest absolute Gasteiger partial charge is 0.339 e. The van der Waals surface area contributed by atoms with Crippen LogP contribution in [0.5, 0.6) is 0 Å². The fourth-order valence-corrected chi connectivity index (χ4v) is 4.42. The van der Waals surface area contributed by atoms with Gasteiger partial charge in [-0.3, -0.25) is 0 Å². The highest BCUT2D eigenvalue weighted by Gasteiger charge is 2.20. The number of aromatic carboxylic acids is 1. The molecular weight excluding hydrogens is 480 g/mol. The molecule has 0 aliphatic heterocycles. The first-order valence-electron chi connectivity index (χ1n) is 14.9. The molecule has 6 heteroatoms. The quantitative estimate of drug-likeness (QED) is 0.118. The number of unbranched alkanes of at least 4 members (excludes halogenated alkanes) is 11. The van der Waals surface area contributed by atoms with Crippen molar-refractivity contribution in [1.29, 1.82) is 0 Å². The Balaban J connectivity index is 2.32. The van der Waals surface area contributed by atoms with E-state index in [9.17, 15) is 19.5 Å². The van der Waals surface area contributed by atoms with Gasteiger partial charge in [-0.1, -0.05) is 111 Å². The molecule has 1 aromatic rings. The Morgan fingerprint density at radius 1 is 0.605 bits per heavy atom. The van der Waals surface area contributed by atoms with E-state index >= 15 is 0 Å². The Kier molecular flexibility index (Phi) is 18.2. The van der Waals surface area contributed by atoms with Gasteiger partial charge in [0.15, 0.2) is 0 Å². The molecule has 1 aromatic carbocycles. The van der Waals surface area contributed by atoms with Gasteiger partial charge in [-0.25, -0.2) is 14.4 Å². The average molecular weight is 533 g/mol. The van der Waals surface area contributed by atoms with Crippen LogP contribution in [0.3, 0.4) is 0 Å². The van der Waals surface area contributed by atoms with E-state index in [0.717, 1.165) is 50.4 Å². The summed E-state index contributed by atoms with van der Waals surface area (Å²) < 4.78 is 10.6. The molecule has 0 heterocycles. The summed E-state index contributed by atoms with van der Waals surface area (Å²) >= 11 is 0. The first-order valence-corrected chi connectivity index (χ1v) is 14.9. The van der Waals surface area contributed by atoms with Gasteiger partial charge in [0.05, 0.1) is 29.9 Å². The number of benzene rings is 1. The molecule has 216 valence electrons. The van der Waals surface area contributed by atoms with E-state index < -0.39 is 17.9 Å². The third kappa shape index (κ3) is 15.8. The van der Waals surface area contributed by atoms with Crippen molar-refractivity contribution in [3.8, 4) is 0 Å². The third-order valence-corrected chi connectivity index (χ3v) is 6.77. The predicted octanol–water partition coefficient (Wildman–Crippen LogP) is 8.86. The highest BCUT2D eigenvalue weighted by molar-refractivity contribution is 6.04. The predicted molar refractivity (Wildman–Crippen MR) is 153 cm³/mol. The van der Waals surface area contributed by atoms with Crippen LogP contribution >= 0.6 is 0 Å². The summed E-state index contributed by atoms with van der Waals surface area (Å²) in [6.45, 7) is 9.53. The van der Waals surface area contributed by atoms with Crippen molar-refractivity contribution in [2.75, 3.05) is 13.2 Å². The van der Waals surface area contributed by atoms with Crippen molar-refractivity contribution in [1.82, 2.24) is 0 Å². The average Bonchev–Trinajstić information content (AvgIpc) is 2.87. The van der Waals surface area contributed by atoms with Crippen LogP contribution in [0.25, 0.3) is 0 Å². The fraction of sp³-hybridized carbons (Fsp3) is 0.719. The summed E-state index contributed by atoms with van der Waals surface area (Å²) in [5.41, 5.74) is -0.163. The van der Waals surface area contributed by atoms with Crippen molar-refractivity contribution in [3.05, 3.63) is 34.9 Å². The summed E-state index contributed by atoms with van der Waals surface area (Å²) in [6, 6.07) is 3.98. The third-order valence-electron chi connectivity index (χ3n) is 6.77. The van der Waals surface area contributed by atoms with Gasteiger partial charge in [-0.2, -0.15) is 0 Å². The molecule has 0 fully saturated rings. The molecule has 0 bridgehead atoms. The SMILES string of the molecule is CC(C)CCCCCCCCCCOC(=O)c1ccc(C(=O)OCCCCCCCC(C)C)c(C(=O)O)c1. The van der Waals surface area contributed by atoms with Crippen LogP contribution in [0, 0.1) is 11.8 Å². The van der Waals surface area contributed by atoms with Crippen molar-refractivity contribution in [2.24, 2.45) is 11.8 Å². The number of carboxylic acid groups (broad SMARTS) is 1. The molecule has 0 saturated heterocycles. The maximum Gasteiger partial charge on any atom is 0.339 e. The zero-order valence-corrected chi connectivity index (χ0v) is 24.4. The Labute approximate surface area is 230 Å². The van der Waals surface area contributed by atoms with Crippen molar-refractivity contribution in [3.63, 3.8) is 0 Å². The molecule has 0 atom stereocenters. The zero-order chi connectivity index (χ0) is 28.2. The zero-order valence-electron chi connectivity index (χ0n) is 24.4. The van der Waals surface area contributed by atoms with Gasteiger partial charge in [0, 0.05) is 0 Å². The largest absolute Gasteiger partial charge is 0.478 e. The van der Waals surface area contributed by atoms with Gasteiger partial charge >= 0.3 is 17.9 Å². The lowest BCUT2D eigenvalue weighted by molar-refractivity contribution is 0.0477. The van der Waals surface area contributed by atoms with Crippen LogP contribution in [0.15, 0.2) is 18.2 Å². The summed E-state index contributed by atoms with van der Waals surface area (Å²) in [6.07, 6.45) is 17.0. The standard InChI is InChI=1S/C32H52O6/c1-25(2)18-14-10-7-5-6-8-12-16-22-37-31(35)27-20-21-28(29(24-27)30(33)34)32(36)38-23-17-13-9-11-15-19-26(3)4/h20-21,24-26H,5-19,22-23H2,1-4H3,(H,33,34). The lowest BCUT2D eigenvalue weighted by Crippen LogP contribution is -2.15. The van der Waals surface area contributed by atoms with Gasteiger partial charge < -0.3 is 14.6 Å². The minimum absolute atomic E-state index is 0.0461. The lowest BCUT2D eigenvalue weighted by Gasteiger charge is -2.10. The van der Waals surface area contributed by atoms with Crippen LogP contribution in [-0.4, -0.2) is 36.2 Å². The molecule has 0 radical (unpaired) electrons. The lowest BCUT2D eigenvalue weighted by atomic mass is 10.0. The highest BCUT2D eigenvalue weighted by atomic mass is 16.5. The number of carbonyl (C=O) groups excluding carboxylic acids is 2. The molecule has 0 aromatic heterocycles. The number of esters is 2. The van der Waals surface area contributed by atoms with E-state index in [2.05, 4.69) is 27.7 Å². The van der Waals surface area contributed by atoms with Crippen molar-refractivity contribution < 1.29 is 29.0 Å². The van der Waals surface area contributed by atoms with Gasteiger partial charge in [-0.15, -0.1) is 0 Å². The highest BCUT2D eigenvalue weighted by Crippen LogP contribution is 2.17. The van der Waals surface area contributed by atoms with Crippen LogP contribution in [-0.2, 0) is 9.47 Å². The number of rotatable bonds is 22. The van der Waals surface area contributed by atoms with E-state index in [1.54, 1.807) is 0 Å². The molecule has 6 nitrogen and oxygen atoms in total. The molecule has 1 rings (SSSR count). The minimum Gasteiger partial charge on any atom is -0.478 e. The summed E-state index contributed by atoms with van der Waals surface area (Å²) in [5, 5.41) is 9.58. The molecule has 0 amide bonds. The fourth-order valence-electron chi connectivity index (χ4n) is 4.42. The van der Waals surface area contributed by atoms with Gasteiger partial charge in [0.1, 0.15) is 0 Å². The number of carbonyl (C=O) groups is 3. The maximum absolute atomic E-state index is 12.5. The molecule has 0 unspecified atom stereocenters. The van der Waals surface area contributed by atoms with E-state index in [0.29, 0.717) is 6.61 Å². The second kappa shape index (κ2) is 20.6. The summed E-state index contributed by atoms with van der Waals surface area (Å²) in [4.78, 5) is 36.6. The van der Waals surface area contributed by atoms with Crippen LogP contribution in [0.2, 0.25) is 0 Å². The van der Waals surface area contributed by atoms with Gasteiger partial charge in [0.2, 0.25) is 0 Å². The number of hydrogen-bond acceptors (Lipinski definition) is 5. The second-order valence-electron chi connectivity index (χ2n) is 11.3. The van der Waals surface area contributed by atoms with Crippen LogP contribution in [0.4, 0.5) is 0 Å². The molecule has 38 heavy (non-hydrogen) atoms. The van der Waals surface area contributed by atoms with E-state index in [1.807, 2.05) is 0 Å². The first-order chi connectivity index (χ1) is 18.2. The molecule has 1 N–H and O–H groups in total. The van der Waals surface area contributed by atoms with E-state index in [4.69, 9.17) is 9.47 Å². The Morgan fingerprint density at radius 3 is 1.47 bits per heavy atom. The molecule has 0 saturated carbocycles. The van der Waals surface area contributed by atoms with Crippen molar-refractivity contribution in [2.45, 2.75) is 124 Å². The molecule has 0 spiro atoms. The van der Waals surface area contributed by atoms with E-state index in [1.165, 1.54) is 76.0 Å². The molecule has 0 aliphatic carbocycles. The summed E-state index contributed by atoms with van der Waals surface area (Å²) in [7, 11) is 0. The molecular formula is C32H52O6. The normalized spacial score (nSPS) is 11.2. The van der Waals surface area contributed by atoms with Crippen LogP contribution in [0.1, 0.15) is 155 Å². The van der Waals surface area contributed by atoms with Gasteiger partial charge in [0.25, 0.3) is 0 Å². The summed E-state index contributed by atoms with van der Waals surface area (Å²) in [5.74, 6) is -1.02. The van der Waals surface area contributed by atoms with Gasteiger partial charge in [-0.05, 0) is 42.9 Å². The first kappa shape index (κ1) is 33.7. The molecule has 0 aliphatic rings. The number of carboxylic acids is 1. The van der Waals surface area contributed by atoms with Crippen molar-refractivity contribution >= 4 is 17.9 Å². The second-order valence-corrected chi connectivity index (χ2v) is 11.3. The topological polar surface area (TPSA) is 89.9 Å².